The van der Waals surface area contributed by atoms with Gasteiger partial charge in [-0.15, -0.1) is 0 Å². The van der Waals surface area contributed by atoms with Gasteiger partial charge in [0.1, 0.15) is 11.4 Å². The van der Waals surface area contributed by atoms with Crippen molar-refractivity contribution in [1.82, 2.24) is 29.7 Å². The van der Waals surface area contributed by atoms with Gasteiger partial charge in [0.2, 0.25) is 11.8 Å². The van der Waals surface area contributed by atoms with Crippen LogP contribution >= 0.6 is 0 Å². The van der Waals surface area contributed by atoms with Crippen molar-refractivity contribution in [3.63, 3.8) is 0 Å². The second-order valence-corrected chi connectivity index (χ2v) is 7.59. The second kappa shape index (κ2) is 8.84. The lowest BCUT2D eigenvalue weighted by molar-refractivity contribution is 0.102. The van der Waals surface area contributed by atoms with Gasteiger partial charge in [0, 0.05) is 31.5 Å². The van der Waals surface area contributed by atoms with Gasteiger partial charge in [-0.1, -0.05) is 6.92 Å². The predicted molar refractivity (Wildman–Crippen MR) is 118 cm³/mol. The number of hydrogen-bond donors (Lipinski definition) is 2. The fourth-order valence-electron chi connectivity index (χ4n) is 3.83. The van der Waals surface area contributed by atoms with Crippen LogP contribution in [0.5, 0.6) is 5.88 Å². The molecule has 0 aromatic carbocycles. The van der Waals surface area contributed by atoms with Gasteiger partial charge in [-0.3, -0.25) is 4.79 Å². The van der Waals surface area contributed by atoms with E-state index in [4.69, 9.17) is 4.74 Å². The van der Waals surface area contributed by atoms with Crippen molar-refractivity contribution in [1.29, 1.82) is 0 Å². The second-order valence-electron chi connectivity index (χ2n) is 7.59. The number of carbonyl (C=O) groups excluding carboxylic acids is 1. The van der Waals surface area contributed by atoms with Gasteiger partial charge < -0.3 is 24.7 Å². The zero-order valence-electron chi connectivity index (χ0n) is 18.3. The Labute approximate surface area is 181 Å². The van der Waals surface area contributed by atoms with Gasteiger partial charge in [0.15, 0.2) is 5.65 Å². The molecular formula is C21H28N8O2. The van der Waals surface area contributed by atoms with Gasteiger partial charge in [-0.25, -0.2) is 15.0 Å². The van der Waals surface area contributed by atoms with Crippen LogP contribution in [0.2, 0.25) is 0 Å². The number of likely N-dealkylation sites (N-methyl/N-ethyl adjacent to an activating group) is 1. The van der Waals surface area contributed by atoms with Crippen molar-refractivity contribution in [3.8, 4) is 5.88 Å². The Morgan fingerprint density at radius 2 is 2.06 bits per heavy atom. The zero-order chi connectivity index (χ0) is 22.0. The number of carbonyl (C=O) groups is 1. The van der Waals surface area contributed by atoms with Gasteiger partial charge in [-0.2, -0.15) is 4.98 Å². The number of fused-ring (bicyclic) bond motifs is 1. The van der Waals surface area contributed by atoms with Crippen LogP contribution in [0.25, 0.3) is 5.65 Å². The number of nitrogens with one attached hydrogen (secondary N) is 2. The summed E-state index contributed by atoms with van der Waals surface area (Å²) >= 11 is 0. The van der Waals surface area contributed by atoms with E-state index in [0.717, 1.165) is 43.1 Å². The number of ether oxygens (including phenoxy) is 1. The molecule has 3 aromatic heterocycles. The lowest BCUT2D eigenvalue weighted by atomic mass is 10.3. The van der Waals surface area contributed by atoms with E-state index in [2.05, 4.69) is 42.4 Å². The maximum Gasteiger partial charge on any atom is 0.263 e. The lowest BCUT2D eigenvalue weighted by Gasteiger charge is -2.18. The van der Waals surface area contributed by atoms with Gasteiger partial charge in [0.05, 0.1) is 24.2 Å². The van der Waals surface area contributed by atoms with Crippen LogP contribution in [0, 0.1) is 13.8 Å². The van der Waals surface area contributed by atoms with Gasteiger partial charge in [-0.05, 0) is 33.7 Å². The van der Waals surface area contributed by atoms with E-state index in [-0.39, 0.29) is 17.4 Å². The van der Waals surface area contributed by atoms with Crippen LogP contribution in [0.4, 0.5) is 11.8 Å². The summed E-state index contributed by atoms with van der Waals surface area (Å²) in [6, 6.07) is 0.420. The summed E-state index contributed by atoms with van der Waals surface area (Å²) in [5, 5.41) is 6.28. The highest BCUT2D eigenvalue weighted by molar-refractivity contribution is 6.05. The minimum absolute atomic E-state index is 0.271. The predicted octanol–water partition coefficient (Wildman–Crippen LogP) is 1.98. The van der Waals surface area contributed by atoms with Crippen molar-refractivity contribution in [3.05, 3.63) is 35.5 Å². The fraction of sp³-hybridized carbons (Fsp3) is 0.476. The zero-order valence-corrected chi connectivity index (χ0v) is 18.3. The Hall–Kier alpha value is -3.27. The number of hydrogen-bond acceptors (Lipinski definition) is 8. The number of amides is 1. The van der Waals surface area contributed by atoms with Gasteiger partial charge in [0.25, 0.3) is 5.91 Å². The van der Waals surface area contributed by atoms with Crippen molar-refractivity contribution < 1.29 is 9.53 Å². The summed E-state index contributed by atoms with van der Waals surface area (Å²) in [5.74, 6) is 0.898. The molecule has 10 nitrogen and oxygen atoms in total. The molecule has 0 bridgehead atoms. The number of nitrogens with zero attached hydrogens (tertiary/aromatic N) is 6. The first-order chi connectivity index (χ1) is 15.0. The molecule has 1 amide bonds. The molecule has 4 heterocycles. The molecule has 1 aliphatic rings. The van der Waals surface area contributed by atoms with E-state index in [1.807, 2.05) is 31.4 Å². The monoisotopic (exact) mass is 424 g/mol. The van der Waals surface area contributed by atoms with E-state index in [1.54, 1.807) is 6.20 Å². The molecule has 0 spiro atoms. The largest absolute Gasteiger partial charge is 0.477 e. The average molecular weight is 425 g/mol. The van der Waals surface area contributed by atoms with E-state index >= 15 is 0 Å². The third-order valence-electron chi connectivity index (χ3n) is 5.20. The fourth-order valence-corrected chi connectivity index (χ4v) is 3.83. The number of aromatic nitrogens is 5. The minimum atomic E-state index is -0.370. The van der Waals surface area contributed by atoms with E-state index in [0.29, 0.717) is 24.4 Å². The number of imidazole rings is 1. The first kappa shape index (κ1) is 21.0. The summed E-state index contributed by atoms with van der Waals surface area (Å²) in [7, 11) is 0. The molecule has 31 heavy (non-hydrogen) atoms. The molecule has 0 aliphatic carbocycles. The highest BCUT2D eigenvalue weighted by Gasteiger charge is 2.25. The molecule has 1 unspecified atom stereocenters. The average Bonchev–Trinajstić information content (AvgIpc) is 3.35. The molecule has 1 atom stereocenters. The van der Waals surface area contributed by atoms with Crippen molar-refractivity contribution in [2.45, 2.75) is 40.2 Å². The SMILES string of the molecule is CCNC1CCN(c2ncc(C(=O)Nc3cn4cc(C)nc4c(C)n3)c(OCC)n2)C1. The smallest absolute Gasteiger partial charge is 0.263 e. The molecule has 3 aromatic rings. The van der Waals surface area contributed by atoms with Crippen LogP contribution in [0.3, 0.4) is 0 Å². The molecule has 0 saturated carbocycles. The standard InChI is InChI=1S/C21H28N8O2/c1-5-22-15-7-8-28(11-15)21-23-9-16(20(27-21)31-6-2)19(30)26-17-12-29-10-13(3)24-18(29)14(4)25-17/h9-10,12,15,22H,5-8,11H2,1-4H3,(H,26,30). The molecule has 4 rings (SSSR count). The normalized spacial score (nSPS) is 16.1. The van der Waals surface area contributed by atoms with Crippen molar-refractivity contribution in [2.75, 3.05) is 36.5 Å². The molecular weight excluding hydrogens is 396 g/mol. The molecule has 1 fully saturated rings. The molecule has 1 aliphatic heterocycles. The number of aryl methyl sites for hydroxylation is 2. The molecule has 0 radical (unpaired) electrons. The molecule has 2 N–H and O–H groups in total. The van der Waals surface area contributed by atoms with E-state index in [1.165, 1.54) is 6.20 Å². The van der Waals surface area contributed by atoms with Crippen molar-refractivity contribution >= 4 is 23.3 Å². The van der Waals surface area contributed by atoms with Crippen LogP contribution < -0.4 is 20.3 Å². The summed E-state index contributed by atoms with van der Waals surface area (Å²) in [6.07, 6.45) is 6.18. The van der Waals surface area contributed by atoms with E-state index in [9.17, 15) is 4.79 Å². The summed E-state index contributed by atoms with van der Waals surface area (Å²) in [6.45, 7) is 10.8. The minimum Gasteiger partial charge on any atom is -0.477 e. The quantitative estimate of drug-likeness (QED) is 0.593. The number of anilines is 2. The van der Waals surface area contributed by atoms with E-state index < -0.39 is 0 Å². The summed E-state index contributed by atoms with van der Waals surface area (Å²) in [4.78, 5) is 32.9. The topological polar surface area (TPSA) is 110 Å². The maximum absolute atomic E-state index is 13.0. The Morgan fingerprint density at radius 3 is 2.84 bits per heavy atom. The third kappa shape index (κ3) is 4.43. The highest BCUT2D eigenvalue weighted by Crippen LogP contribution is 2.23. The van der Waals surface area contributed by atoms with Crippen LogP contribution in [-0.2, 0) is 0 Å². The molecule has 1 saturated heterocycles. The van der Waals surface area contributed by atoms with Crippen LogP contribution in [0.1, 0.15) is 42.0 Å². The first-order valence-electron chi connectivity index (χ1n) is 10.6. The third-order valence-corrected chi connectivity index (χ3v) is 5.20. The number of rotatable bonds is 7. The van der Waals surface area contributed by atoms with Crippen molar-refractivity contribution in [2.24, 2.45) is 0 Å². The highest BCUT2D eigenvalue weighted by atomic mass is 16.5. The summed E-state index contributed by atoms with van der Waals surface area (Å²) in [5.41, 5.74) is 2.65. The Balaban J connectivity index is 1.56. The van der Waals surface area contributed by atoms with Crippen LogP contribution in [-0.4, -0.2) is 62.5 Å². The first-order valence-corrected chi connectivity index (χ1v) is 10.6. The lowest BCUT2D eigenvalue weighted by Crippen LogP contribution is -2.32. The Kier molecular flexibility index (Phi) is 5.99. The van der Waals surface area contributed by atoms with Crippen LogP contribution in [0.15, 0.2) is 18.6 Å². The molecule has 164 valence electrons. The Bertz CT molecular complexity index is 1100. The molecule has 10 heteroatoms. The summed E-state index contributed by atoms with van der Waals surface area (Å²) < 4.78 is 7.53. The van der Waals surface area contributed by atoms with Gasteiger partial charge >= 0.3 is 0 Å². The maximum atomic E-state index is 13.0. The Morgan fingerprint density at radius 1 is 1.23 bits per heavy atom.